The number of aliphatic hydroxyl groups is 1. The normalized spacial score (nSPS) is 12.2. The average Bonchev–Trinajstić information content (AvgIpc) is 2.29. The maximum Gasteiger partial charge on any atom is 0.250 e. The minimum Gasteiger partial charge on any atom is -0.389 e. The van der Waals surface area contributed by atoms with E-state index in [0.717, 1.165) is 12.0 Å². The Hall–Kier alpha value is -1.39. The van der Waals surface area contributed by atoms with E-state index in [0.29, 0.717) is 12.3 Å². The van der Waals surface area contributed by atoms with Crippen LogP contribution in [0.2, 0.25) is 0 Å². The third-order valence-corrected chi connectivity index (χ3v) is 2.23. The number of nitrogens with one attached hydrogen (secondary N) is 1. The highest BCUT2D eigenvalue weighted by atomic mass is 16.5. The Bertz CT molecular complexity index is 363. The lowest BCUT2D eigenvalue weighted by Crippen LogP contribution is -2.18. The first-order valence-corrected chi connectivity index (χ1v) is 5.79. The number of ether oxygens (including phenoxy) is 1. The molecule has 0 aliphatic heterocycles. The van der Waals surface area contributed by atoms with Gasteiger partial charge in [-0.3, -0.25) is 4.79 Å². The molecule has 0 bridgehead atoms. The van der Waals surface area contributed by atoms with Gasteiger partial charge in [0.25, 0.3) is 0 Å². The van der Waals surface area contributed by atoms with Crippen LogP contribution in [0.4, 0.5) is 5.69 Å². The van der Waals surface area contributed by atoms with Gasteiger partial charge < -0.3 is 15.2 Å². The molecule has 4 nitrogen and oxygen atoms in total. The number of hydrogen-bond acceptors (Lipinski definition) is 3. The summed E-state index contributed by atoms with van der Waals surface area (Å²) in [5, 5.41) is 12.1. The van der Waals surface area contributed by atoms with Crippen molar-refractivity contribution >= 4 is 11.6 Å². The maximum absolute atomic E-state index is 11.5. The largest absolute Gasteiger partial charge is 0.389 e. The zero-order valence-corrected chi connectivity index (χ0v) is 10.3. The number of carbonyl (C=O) groups excluding carboxylic acids is 1. The Kier molecular flexibility index (Phi) is 5.66. The first-order valence-electron chi connectivity index (χ1n) is 5.79. The Morgan fingerprint density at radius 2 is 2.29 bits per heavy atom. The lowest BCUT2D eigenvalue weighted by Gasteiger charge is -2.09. The van der Waals surface area contributed by atoms with E-state index in [9.17, 15) is 9.90 Å². The molecule has 0 heterocycles. The van der Waals surface area contributed by atoms with E-state index in [1.165, 1.54) is 0 Å². The molecule has 0 fully saturated rings. The molecule has 1 atom stereocenters. The number of benzene rings is 1. The molecule has 0 aromatic heterocycles. The van der Waals surface area contributed by atoms with E-state index in [1.54, 1.807) is 25.1 Å². The van der Waals surface area contributed by atoms with Gasteiger partial charge in [-0.1, -0.05) is 19.1 Å². The van der Waals surface area contributed by atoms with E-state index >= 15 is 0 Å². The van der Waals surface area contributed by atoms with E-state index in [1.807, 2.05) is 13.0 Å². The molecule has 0 saturated carbocycles. The van der Waals surface area contributed by atoms with Crippen LogP contribution < -0.4 is 5.32 Å². The molecule has 0 radical (unpaired) electrons. The minimum atomic E-state index is -0.539. The molecule has 0 saturated heterocycles. The van der Waals surface area contributed by atoms with Crippen molar-refractivity contribution in [2.24, 2.45) is 0 Å². The van der Waals surface area contributed by atoms with Crippen LogP contribution in [0.25, 0.3) is 0 Å². The summed E-state index contributed by atoms with van der Waals surface area (Å²) in [6, 6.07) is 7.14. The summed E-state index contributed by atoms with van der Waals surface area (Å²) in [6.07, 6.45) is 0.355. The first kappa shape index (κ1) is 13.7. The molecule has 4 heteroatoms. The van der Waals surface area contributed by atoms with Crippen LogP contribution in [0.5, 0.6) is 0 Å². The second-order valence-electron chi connectivity index (χ2n) is 3.90. The predicted molar refractivity (Wildman–Crippen MR) is 66.8 cm³/mol. The second kappa shape index (κ2) is 7.04. The Labute approximate surface area is 102 Å². The van der Waals surface area contributed by atoms with Crippen molar-refractivity contribution in [3.8, 4) is 0 Å². The van der Waals surface area contributed by atoms with Crippen LogP contribution in [0, 0.1) is 0 Å². The monoisotopic (exact) mass is 237 g/mol. The van der Waals surface area contributed by atoms with Gasteiger partial charge in [0.05, 0.1) is 6.10 Å². The number of hydrogen-bond donors (Lipinski definition) is 2. The van der Waals surface area contributed by atoms with Gasteiger partial charge in [-0.05, 0) is 31.0 Å². The highest BCUT2D eigenvalue weighted by Crippen LogP contribution is 2.16. The van der Waals surface area contributed by atoms with Crippen LogP contribution in [-0.2, 0) is 9.53 Å². The van der Waals surface area contributed by atoms with E-state index < -0.39 is 6.10 Å². The van der Waals surface area contributed by atoms with Gasteiger partial charge in [-0.15, -0.1) is 0 Å². The lowest BCUT2D eigenvalue weighted by molar-refractivity contribution is -0.120. The van der Waals surface area contributed by atoms with E-state index in [4.69, 9.17) is 4.74 Å². The van der Waals surface area contributed by atoms with Crippen LogP contribution in [-0.4, -0.2) is 24.2 Å². The highest BCUT2D eigenvalue weighted by Gasteiger charge is 2.05. The van der Waals surface area contributed by atoms with Crippen molar-refractivity contribution in [2.45, 2.75) is 26.4 Å². The molecular formula is C13H19NO3. The number of anilines is 1. The Morgan fingerprint density at radius 1 is 1.53 bits per heavy atom. The molecule has 17 heavy (non-hydrogen) atoms. The summed E-state index contributed by atoms with van der Waals surface area (Å²) < 4.78 is 5.13. The van der Waals surface area contributed by atoms with E-state index in [2.05, 4.69) is 5.32 Å². The number of carbonyl (C=O) groups is 1. The molecule has 1 aromatic rings. The topological polar surface area (TPSA) is 58.6 Å². The summed E-state index contributed by atoms with van der Waals surface area (Å²) in [5.74, 6) is -0.179. The SMILES string of the molecule is CCCOCC(=O)Nc1cccc(C(C)O)c1. The van der Waals surface area contributed by atoms with Crippen LogP contribution in [0.3, 0.4) is 0 Å². The fraction of sp³-hybridized carbons (Fsp3) is 0.462. The summed E-state index contributed by atoms with van der Waals surface area (Å²) in [4.78, 5) is 11.5. The molecule has 2 N–H and O–H groups in total. The smallest absolute Gasteiger partial charge is 0.250 e. The van der Waals surface area contributed by atoms with Gasteiger partial charge in [0, 0.05) is 12.3 Å². The number of aliphatic hydroxyl groups excluding tert-OH is 1. The third kappa shape index (κ3) is 4.97. The lowest BCUT2D eigenvalue weighted by atomic mass is 10.1. The minimum absolute atomic E-state index is 0.0622. The van der Waals surface area contributed by atoms with Gasteiger partial charge in [-0.2, -0.15) is 0 Å². The summed E-state index contributed by atoms with van der Waals surface area (Å²) in [6.45, 7) is 4.32. The molecule has 0 spiro atoms. The fourth-order valence-corrected chi connectivity index (χ4v) is 1.38. The van der Waals surface area contributed by atoms with Crippen LogP contribution >= 0.6 is 0 Å². The van der Waals surface area contributed by atoms with Crippen LogP contribution in [0.1, 0.15) is 31.9 Å². The van der Waals surface area contributed by atoms with Crippen molar-refractivity contribution in [3.63, 3.8) is 0 Å². The molecule has 1 unspecified atom stereocenters. The zero-order valence-electron chi connectivity index (χ0n) is 10.3. The van der Waals surface area contributed by atoms with Gasteiger partial charge >= 0.3 is 0 Å². The molecule has 0 aliphatic carbocycles. The fourth-order valence-electron chi connectivity index (χ4n) is 1.38. The number of amides is 1. The second-order valence-corrected chi connectivity index (χ2v) is 3.90. The molecule has 1 aromatic carbocycles. The van der Waals surface area contributed by atoms with Gasteiger partial charge in [0.2, 0.25) is 5.91 Å². The molecule has 94 valence electrons. The predicted octanol–water partition coefficient (Wildman–Crippen LogP) is 2.10. The standard InChI is InChI=1S/C13H19NO3/c1-3-7-17-9-13(16)14-12-6-4-5-11(8-12)10(2)15/h4-6,8,10,15H,3,7,9H2,1-2H3,(H,14,16). The third-order valence-electron chi connectivity index (χ3n) is 2.23. The maximum atomic E-state index is 11.5. The molecular weight excluding hydrogens is 218 g/mol. The average molecular weight is 237 g/mol. The first-order chi connectivity index (χ1) is 8.13. The van der Waals surface area contributed by atoms with Gasteiger partial charge in [0.1, 0.15) is 6.61 Å². The van der Waals surface area contributed by atoms with Crippen molar-refractivity contribution < 1.29 is 14.6 Å². The zero-order chi connectivity index (χ0) is 12.7. The Morgan fingerprint density at radius 3 is 2.94 bits per heavy atom. The summed E-state index contributed by atoms with van der Waals surface area (Å²) >= 11 is 0. The van der Waals surface area contributed by atoms with Crippen LogP contribution in [0.15, 0.2) is 24.3 Å². The molecule has 0 aliphatic rings. The number of rotatable bonds is 6. The summed E-state index contributed by atoms with van der Waals surface area (Å²) in [7, 11) is 0. The van der Waals surface area contributed by atoms with Gasteiger partial charge in [-0.25, -0.2) is 0 Å². The Balaban J connectivity index is 2.50. The molecule has 1 amide bonds. The quantitative estimate of drug-likeness (QED) is 0.745. The highest BCUT2D eigenvalue weighted by molar-refractivity contribution is 5.91. The van der Waals surface area contributed by atoms with Gasteiger partial charge in [0.15, 0.2) is 0 Å². The van der Waals surface area contributed by atoms with E-state index in [-0.39, 0.29) is 12.5 Å². The van der Waals surface area contributed by atoms with Crippen molar-refractivity contribution in [1.82, 2.24) is 0 Å². The van der Waals surface area contributed by atoms with Crippen molar-refractivity contribution in [1.29, 1.82) is 0 Å². The van der Waals surface area contributed by atoms with Crippen molar-refractivity contribution in [2.75, 3.05) is 18.5 Å². The van der Waals surface area contributed by atoms with Crippen molar-refractivity contribution in [3.05, 3.63) is 29.8 Å². The summed E-state index contributed by atoms with van der Waals surface area (Å²) in [5.41, 5.74) is 1.45. The molecule has 1 rings (SSSR count).